The quantitative estimate of drug-likeness (QED) is 0.835. The number of ether oxygens (including phenoxy) is 2. The second-order valence-electron chi connectivity index (χ2n) is 5.17. The second-order valence-corrected chi connectivity index (χ2v) is 5.17. The van der Waals surface area contributed by atoms with Crippen LogP contribution in [-0.2, 0) is 0 Å². The highest BCUT2D eigenvalue weighted by molar-refractivity contribution is 6.04. The van der Waals surface area contributed by atoms with Gasteiger partial charge < -0.3 is 14.6 Å². The van der Waals surface area contributed by atoms with E-state index in [1.54, 1.807) is 39.0 Å². The van der Waals surface area contributed by atoms with Crippen LogP contribution in [0.5, 0.6) is 11.5 Å². The first kappa shape index (κ1) is 14.5. The summed E-state index contributed by atoms with van der Waals surface area (Å²) in [6.07, 6.45) is -1.11. The van der Waals surface area contributed by atoms with Gasteiger partial charge in [-0.3, -0.25) is 4.79 Å². The van der Waals surface area contributed by atoms with E-state index < -0.39 is 17.3 Å². The van der Waals surface area contributed by atoms with Crippen molar-refractivity contribution in [2.75, 3.05) is 14.2 Å². The first-order valence-corrected chi connectivity index (χ1v) is 5.76. The summed E-state index contributed by atoms with van der Waals surface area (Å²) < 4.78 is 10.3. The Morgan fingerprint density at radius 1 is 1.17 bits per heavy atom. The fourth-order valence-electron chi connectivity index (χ4n) is 1.62. The van der Waals surface area contributed by atoms with E-state index in [1.807, 2.05) is 0 Å². The molecule has 18 heavy (non-hydrogen) atoms. The summed E-state index contributed by atoms with van der Waals surface area (Å²) in [5, 5.41) is 10.1. The summed E-state index contributed by atoms with van der Waals surface area (Å²) in [6, 6.07) is 5.08. The zero-order valence-electron chi connectivity index (χ0n) is 11.5. The molecule has 1 aromatic carbocycles. The number of aliphatic hydroxyl groups is 1. The summed E-state index contributed by atoms with van der Waals surface area (Å²) in [5.74, 6) is 0.419. The number of carbonyl (C=O) groups excluding carboxylic acids is 1. The monoisotopic (exact) mass is 252 g/mol. The normalized spacial score (nSPS) is 13.0. The maximum Gasteiger partial charge on any atom is 0.199 e. The predicted molar refractivity (Wildman–Crippen MR) is 69.3 cm³/mol. The van der Waals surface area contributed by atoms with E-state index in [9.17, 15) is 9.90 Å². The fraction of sp³-hybridized carbons (Fsp3) is 0.500. The first-order chi connectivity index (χ1) is 8.32. The Hall–Kier alpha value is -1.55. The highest BCUT2D eigenvalue weighted by Crippen LogP contribution is 2.32. The number of rotatable bonds is 4. The zero-order chi connectivity index (χ0) is 13.9. The fourth-order valence-corrected chi connectivity index (χ4v) is 1.62. The van der Waals surface area contributed by atoms with Gasteiger partial charge in [0, 0.05) is 0 Å². The Labute approximate surface area is 108 Å². The van der Waals surface area contributed by atoms with E-state index >= 15 is 0 Å². The Bertz CT molecular complexity index is 410. The van der Waals surface area contributed by atoms with Crippen molar-refractivity contribution in [1.82, 2.24) is 0 Å². The largest absolute Gasteiger partial charge is 0.496 e. The third-order valence-corrected chi connectivity index (χ3v) is 2.74. The molecule has 0 aliphatic carbocycles. The maximum atomic E-state index is 12.3. The molecule has 1 N–H and O–H groups in total. The van der Waals surface area contributed by atoms with Crippen molar-refractivity contribution in [3.63, 3.8) is 0 Å². The topological polar surface area (TPSA) is 55.8 Å². The number of hydrogen-bond donors (Lipinski definition) is 1. The number of benzene rings is 1. The minimum atomic E-state index is -1.11. The van der Waals surface area contributed by atoms with E-state index in [0.717, 1.165) is 0 Å². The molecule has 0 aliphatic rings. The van der Waals surface area contributed by atoms with Crippen LogP contribution in [0.2, 0.25) is 0 Å². The lowest BCUT2D eigenvalue weighted by Crippen LogP contribution is -2.34. The van der Waals surface area contributed by atoms with Gasteiger partial charge in [0.05, 0.1) is 14.2 Å². The van der Waals surface area contributed by atoms with Gasteiger partial charge in [0.15, 0.2) is 5.78 Å². The van der Waals surface area contributed by atoms with Gasteiger partial charge in [-0.05, 0) is 17.5 Å². The van der Waals surface area contributed by atoms with Crippen LogP contribution in [-0.4, -0.2) is 31.2 Å². The minimum absolute atomic E-state index is 0.282. The smallest absolute Gasteiger partial charge is 0.199 e. The molecular formula is C14H20O4. The Morgan fingerprint density at radius 3 is 1.94 bits per heavy atom. The maximum absolute atomic E-state index is 12.3. The minimum Gasteiger partial charge on any atom is -0.496 e. The Balaban J connectivity index is 3.27. The molecule has 0 aliphatic heterocycles. The SMILES string of the molecule is COc1cccc(OC)c1C(=O)C(O)C(C)(C)C. The van der Waals surface area contributed by atoms with Crippen LogP contribution in [0.1, 0.15) is 31.1 Å². The molecule has 1 atom stereocenters. The molecule has 100 valence electrons. The van der Waals surface area contributed by atoms with E-state index in [4.69, 9.17) is 9.47 Å². The van der Waals surface area contributed by atoms with Gasteiger partial charge in [-0.1, -0.05) is 26.8 Å². The highest BCUT2D eigenvalue weighted by atomic mass is 16.5. The molecule has 4 nitrogen and oxygen atoms in total. The number of hydrogen-bond acceptors (Lipinski definition) is 4. The average Bonchev–Trinajstić information content (AvgIpc) is 2.34. The lowest BCUT2D eigenvalue weighted by Gasteiger charge is -2.25. The lowest BCUT2D eigenvalue weighted by atomic mass is 9.84. The van der Waals surface area contributed by atoms with Crippen molar-refractivity contribution < 1.29 is 19.4 Å². The molecule has 0 bridgehead atoms. The predicted octanol–water partition coefficient (Wildman–Crippen LogP) is 2.29. The lowest BCUT2D eigenvalue weighted by molar-refractivity contribution is 0.0437. The molecule has 0 spiro atoms. The highest BCUT2D eigenvalue weighted by Gasteiger charge is 2.33. The van der Waals surface area contributed by atoms with E-state index in [2.05, 4.69) is 0 Å². The first-order valence-electron chi connectivity index (χ1n) is 5.76. The molecule has 1 unspecified atom stereocenters. The number of Topliss-reactive ketones (excluding diaryl/α,β-unsaturated/α-hetero) is 1. The molecular weight excluding hydrogens is 232 g/mol. The van der Waals surface area contributed by atoms with Crippen molar-refractivity contribution in [3.05, 3.63) is 23.8 Å². The van der Waals surface area contributed by atoms with E-state index in [1.165, 1.54) is 14.2 Å². The van der Waals surface area contributed by atoms with Gasteiger partial charge in [-0.25, -0.2) is 0 Å². The molecule has 4 heteroatoms. The number of methoxy groups -OCH3 is 2. The number of ketones is 1. The van der Waals surface area contributed by atoms with Gasteiger partial charge in [-0.2, -0.15) is 0 Å². The number of carbonyl (C=O) groups is 1. The molecule has 0 radical (unpaired) electrons. The van der Waals surface area contributed by atoms with Crippen LogP contribution < -0.4 is 9.47 Å². The van der Waals surface area contributed by atoms with Gasteiger partial charge in [-0.15, -0.1) is 0 Å². The summed E-state index contributed by atoms with van der Waals surface area (Å²) in [7, 11) is 2.96. The van der Waals surface area contributed by atoms with Crippen LogP contribution in [0.15, 0.2) is 18.2 Å². The summed E-state index contributed by atoms with van der Waals surface area (Å²) in [5.41, 5.74) is -0.256. The van der Waals surface area contributed by atoms with Crippen LogP contribution >= 0.6 is 0 Å². The van der Waals surface area contributed by atoms with Crippen LogP contribution in [0.25, 0.3) is 0 Å². The molecule has 0 saturated heterocycles. The van der Waals surface area contributed by atoms with Crippen LogP contribution in [0.3, 0.4) is 0 Å². The summed E-state index contributed by atoms with van der Waals surface area (Å²) >= 11 is 0. The van der Waals surface area contributed by atoms with Crippen molar-refractivity contribution in [1.29, 1.82) is 0 Å². The van der Waals surface area contributed by atoms with E-state index in [-0.39, 0.29) is 5.56 Å². The molecule has 0 heterocycles. The molecule has 0 amide bonds. The third kappa shape index (κ3) is 2.82. The van der Waals surface area contributed by atoms with Crippen molar-refractivity contribution in [2.24, 2.45) is 5.41 Å². The van der Waals surface area contributed by atoms with Gasteiger partial charge >= 0.3 is 0 Å². The molecule has 0 fully saturated rings. The molecule has 1 rings (SSSR count). The van der Waals surface area contributed by atoms with E-state index in [0.29, 0.717) is 11.5 Å². The van der Waals surface area contributed by atoms with Gasteiger partial charge in [0.1, 0.15) is 23.2 Å². The molecule has 0 aromatic heterocycles. The van der Waals surface area contributed by atoms with Gasteiger partial charge in [0.25, 0.3) is 0 Å². The number of aliphatic hydroxyl groups excluding tert-OH is 1. The van der Waals surface area contributed by atoms with Crippen LogP contribution in [0.4, 0.5) is 0 Å². The summed E-state index contributed by atoms with van der Waals surface area (Å²) in [6.45, 7) is 5.41. The Kier molecular flexibility index (Phi) is 4.35. The van der Waals surface area contributed by atoms with Crippen molar-refractivity contribution in [3.8, 4) is 11.5 Å². The third-order valence-electron chi connectivity index (χ3n) is 2.74. The molecule has 0 saturated carbocycles. The second kappa shape index (κ2) is 5.40. The Morgan fingerprint density at radius 2 is 1.61 bits per heavy atom. The van der Waals surface area contributed by atoms with Crippen LogP contribution in [0, 0.1) is 5.41 Å². The van der Waals surface area contributed by atoms with Crippen molar-refractivity contribution in [2.45, 2.75) is 26.9 Å². The average molecular weight is 252 g/mol. The summed E-state index contributed by atoms with van der Waals surface area (Å²) in [4.78, 5) is 12.3. The van der Waals surface area contributed by atoms with Gasteiger partial charge in [0.2, 0.25) is 0 Å². The van der Waals surface area contributed by atoms with Crippen molar-refractivity contribution >= 4 is 5.78 Å². The molecule has 1 aromatic rings. The standard InChI is InChI=1S/C14H20O4/c1-14(2,3)13(16)12(15)11-9(17-4)7-6-8-10(11)18-5/h6-8,13,16H,1-5H3. The zero-order valence-corrected chi connectivity index (χ0v) is 11.5.